The number of hydrogen-bond acceptors (Lipinski definition) is 2. The SMILES string of the molecule is CC(N[C@@H]1C[C@H]2CC[C@@H]1O2)C1CC1. The van der Waals surface area contributed by atoms with Crippen LogP contribution in [0.2, 0.25) is 0 Å². The second kappa shape index (κ2) is 2.96. The Morgan fingerprint density at radius 1 is 1.23 bits per heavy atom. The molecule has 3 fully saturated rings. The highest BCUT2D eigenvalue weighted by Crippen LogP contribution is 2.37. The van der Waals surface area contributed by atoms with Gasteiger partial charge in [0.15, 0.2) is 0 Å². The van der Waals surface area contributed by atoms with Crippen LogP contribution in [-0.2, 0) is 4.74 Å². The summed E-state index contributed by atoms with van der Waals surface area (Å²) < 4.78 is 5.82. The Morgan fingerprint density at radius 3 is 2.62 bits per heavy atom. The molecule has 4 atom stereocenters. The number of fused-ring (bicyclic) bond motifs is 2. The summed E-state index contributed by atoms with van der Waals surface area (Å²) in [4.78, 5) is 0. The van der Waals surface area contributed by atoms with Gasteiger partial charge in [-0.3, -0.25) is 0 Å². The molecule has 0 aromatic heterocycles. The van der Waals surface area contributed by atoms with Gasteiger partial charge in [0.05, 0.1) is 12.2 Å². The first kappa shape index (κ1) is 8.25. The number of hydrogen-bond donors (Lipinski definition) is 1. The summed E-state index contributed by atoms with van der Waals surface area (Å²) in [6.45, 7) is 2.34. The summed E-state index contributed by atoms with van der Waals surface area (Å²) in [7, 11) is 0. The topological polar surface area (TPSA) is 21.3 Å². The molecule has 1 saturated carbocycles. The lowest BCUT2D eigenvalue weighted by Crippen LogP contribution is -2.43. The number of ether oxygens (including phenoxy) is 1. The van der Waals surface area contributed by atoms with Gasteiger partial charge in [-0.05, 0) is 44.9 Å². The minimum absolute atomic E-state index is 0.547. The van der Waals surface area contributed by atoms with Crippen molar-refractivity contribution in [3.8, 4) is 0 Å². The summed E-state index contributed by atoms with van der Waals surface area (Å²) in [6, 6.07) is 1.40. The fraction of sp³-hybridized carbons (Fsp3) is 1.00. The fourth-order valence-corrected chi connectivity index (χ4v) is 2.88. The second-order valence-electron chi connectivity index (χ2n) is 5.01. The number of nitrogens with one attached hydrogen (secondary N) is 1. The lowest BCUT2D eigenvalue weighted by Gasteiger charge is -2.24. The largest absolute Gasteiger partial charge is 0.373 e. The molecule has 13 heavy (non-hydrogen) atoms. The normalized spacial score (nSPS) is 45.5. The zero-order chi connectivity index (χ0) is 8.84. The van der Waals surface area contributed by atoms with E-state index < -0.39 is 0 Å². The first-order chi connectivity index (χ1) is 6.33. The molecule has 0 radical (unpaired) electrons. The Morgan fingerprint density at radius 2 is 2.08 bits per heavy atom. The lowest BCUT2D eigenvalue weighted by atomic mass is 9.94. The minimum atomic E-state index is 0.547. The molecule has 3 rings (SSSR count). The molecule has 0 amide bonds. The van der Waals surface area contributed by atoms with Gasteiger partial charge in [-0.15, -0.1) is 0 Å². The molecular formula is C11H19NO. The van der Waals surface area contributed by atoms with Gasteiger partial charge in [0.25, 0.3) is 0 Å². The molecular weight excluding hydrogens is 162 g/mol. The van der Waals surface area contributed by atoms with Crippen molar-refractivity contribution in [2.75, 3.05) is 0 Å². The van der Waals surface area contributed by atoms with Gasteiger partial charge in [0.2, 0.25) is 0 Å². The lowest BCUT2D eigenvalue weighted by molar-refractivity contribution is 0.0959. The Labute approximate surface area is 80.0 Å². The molecule has 0 spiro atoms. The fourth-order valence-electron chi connectivity index (χ4n) is 2.88. The molecule has 1 N–H and O–H groups in total. The van der Waals surface area contributed by atoms with E-state index in [1.807, 2.05) is 0 Å². The van der Waals surface area contributed by atoms with Crippen LogP contribution in [0.3, 0.4) is 0 Å². The van der Waals surface area contributed by atoms with Gasteiger partial charge >= 0.3 is 0 Å². The van der Waals surface area contributed by atoms with Crippen LogP contribution < -0.4 is 5.32 Å². The summed E-state index contributed by atoms with van der Waals surface area (Å²) >= 11 is 0. The molecule has 74 valence electrons. The molecule has 2 nitrogen and oxygen atoms in total. The van der Waals surface area contributed by atoms with Crippen LogP contribution in [0.15, 0.2) is 0 Å². The molecule has 1 aliphatic carbocycles. The van der Waals surface area contributed by atoms with Crippen LogP contribution in [-0.4, -0.2) is 24.3 Å². The van der Waals surface area contributed by atoms with E-state index in [1.165, 1.54) is 32.1 Å². The van der Waals surface area contributed by atoms with Gasteiger partial charge in [0, 0.05) is 12.1 Å². The van der Waals surface area contributed by atoms with Crippen molar-refractivity contribution in [2.24, 2.45) is 5.92 Å². The van der Waals surface area contributed by atoms with E-state index in [0.29, 0.717) is 18.2 Å². The molecule has 2 saturated heterocycles. The Balaban J connectivity index is 1.55. The van der Waals surface area contributed by atoms with E-state index in [9.17, 15) is 0 Å². The Hall–Kier alpha value is -0.0800. The van der Waals surface area contributed by atoms with Crippen LogP contribution in [0, 0.1) is 5.92 Å². The Kier molecular flexibility index (Phi) is 1.88. The van der Waals surface area contributed by atoms with E-state index >= 15 is 0 Å². The first-order valence-corrected chi connectivity index (χ1v) is 5.74. The minimum Gasteiger partial charge on any atom is -0.373 e. The zero-order valence-electron chi connectivity index (χ0n) is 8.33. The van der Waals surface area contributed by atoms with Gasteiger partial charge < -0.3 is 10.1 Å². The molecule has 1 unspecified atom stereocenters. The van der Waals surface area contributed by atoms with Crippen LogP contribution in [0.5, 0.6) is 0 Å². The van der Waals surface area contributed by atoms with Crippen molar-refractivity contribution in [1.29, 1.82) is 0 Å². The van der Waals surface area contributed by atoms with Crippen molar-refractivity contribution in [2.45, 2.75) is 63.3 Å². The molecule has 0 aromatic rings. The third-order valence-electron chi connectivity index (χ3n) is 3.91. The van der Waals surface area contributed by atoms with Crippen molar-refractivity contribution < 1.29 is 4.74 Å². The van der Waals surface area contributed by atoms with Crippen molar-refractivity contribution in [3.63, 3.8) is 0 Å². The van der Waals surface area contributed by atoms with Crippen molar-refractivity contribution in [3.05, 3.63) is 0 Å². The smallest absolute Gasteiger partial charge is 0.0733 e. The van der Waals surface area contributed by atoms with E-state index in [1.54, 1.807) is 0 Å². The van der Waals surface area contributed by atoms with Gasteiger partial charge in [-0.1, -0.05) is 0 Å². The highest BCUT2D eigenvalue weighted by atomic mass is 16.5. The van der Waals surface area contributed by atoms with Crippen LogP contribution in [0.1, 0.15) is 39.0 Å². The summed E-state index contributed by atoms with van der Waals surface area (Å²) in [5.74, 6) is 0.971. The Bertz CT molecular complexity index is 202. The summed E-state index contributed by atoms with van der Waals surface area (Å²) in [5, 5.41) is 3.75. The molecule has 2 bridgehead atoms. The molecule has 2 heteroatoms. The van der Waals surface area contributed by atoms with E-state index in [2.05, 4.69) is 12.2 Å². The highest BCUT2D eigenvalue weighted by molar-refractivity contribution is 4.96. The van der Waals surface area contributed by atoms with Crippen LogP contribution in [0.4, 0.5) is 0 Å². The predicted molar refractivity (Wildman–Crippen MR) is 51.6 cm³/mol. The summed E-state index contributed by atoms with van der Waals surface area (Å²) in [6.07, 6.45) is 7.88. The second-order valence-corrected chi connectivity index (χ2v) is 5.01. The van der Waals surface area contributed by atoms with Crippen LogP contribution >= 0.6 is 0 Å². The first-order valence-electron chi connectivity index (χ1n) is 5.74. The maximum absolute atomic E-state index is 5.82. The van der Waals surface area contributed by atoms with Gasteiger partial charge in [0.1, 0.15) is 0 Å². The standard InChI is InChI=1S/C11H19NO/c1-7(8-2-3-8)12-10-6-9-4-5-11(10)13-9/h7-12H,2-6H2,1H3/t7?,9-,10-,11+/m1/s1. The van der Waals surface area contributed by atoms with E-state index in [-0.39, 0.29) is 0 Å². The van der Waals surface area contributed by atoms with Gasteiger partial charge in [-0.2, -0.15) is 0 Å². The average molecular weight is 181 g/mol. The predicted octanol–water partition coefficient (Wildman–Crippen LogP) is 1.69. The maximum Gasteiger partial charge on any atom is 0.0733 e. The number of rotatable bonds is 3. The van der Waals surface area contributed by atoms with E-state index in [4.69, 9.17) is 4.74 Å². The molecule has 2 heterocycles. The summed E-state index contributed by atoms with van der Waals surface area (Å²) in [5.41, 5.74) is 0. The quantitative estimate of drug-likeness (QED) is 0.715. The van der Waals surface area contributed by atoms with Crippen molar-refractivity contribution in [1.82, 2.24) is 5.32 Å². The molecule has 2 aliphatic heterocycles. The van der Waals surface area contributed by atoms with E-state index in [0.717, 1.165) is 12.0 Å². The monoisotopic (exact) mass is 181 g/mol. The van der Waals surface area contributed by atoms with Gasteiger partial charge in [-0.25, -0.2) is 0 Å². The third-order valence-corrected chi connectivity index (χ3v) is 3.91. The van der Waals surface area contributed by atoms with Crippen molar-refractivity contribution >= 4 is 0 Å². The molecule has 3 aliphatic rings. The molecule has 0 aromatic carbocycles. The van der Waals surface area contributed by atoms with Crippen LogP contribution in [0.25, 0.3) is 0 Å². The highest BCUT2D eigenvalue weighted by Gasteiger charge is 2.42. The third kappa shape index (κ3) is 1.50. The maximum atomic E-state index is 5.82. The average Bonchev–Trinajstić information content (AvgIpc) is 2.79. The zero-order valence-corrected chi connectivity index (χ0v) is 8.33.